The Kier molecular flexibility index (Phi) is 5.38. The first kappa shape index (κ1) is 17.2. The van der Waals surface area contributed by atoms with E-state index < -0.39 is 0 Å². The van der Waals surface area contributed by atoms with Gasteiger partial charge in [-0.15, -0.1) is 0 Å². The first-order valence-electron chi connectivity index (χ1n) is 9.13. The van der Waals surface area contributed by atoms with Gasteiger partial charge in [0.15, 0.2) is 5.82 Å². The third kappa shape index (κ3) is 4.06. The lowest BCUT2D eigenvalue weighted by atomic mass is 9.96. The summed E-state index contributed by atoms with van der Waals surface area (Å²) in [5, 5.41) is 10.3. The third-order valence-electron chi connectivity index (χ3n) is 5.08. The van der Waals surface area contributed by atoms with Crippen molar-refractivity contribution in [3.63, 3.8) is 0 Å². The number of carbonyl (C=O) groups is 1. The van der Waals surface area contributed by atoms with Crippen molar-refractivity contribution >= 4 is 6.03 Å². The van der Waals surface area contributed by atoms with Gasteiger partial charge in [-0.05, 0) is 26.3 Å². The Bertz CT molecular complexity index is 553. The molecule has 1 aromatic rings. The van der Waals surface area contributed by atoms with E-state index in [2.05, 4.69) is 25.7 Å². The summed E-state index contributed by atoms with van der Waals surface area (Å²) in [4.78, 5) is 18.9. The van der Waals surface area contributed by atoms with Gasteiger partial charge in [0.1, 0.15) is 0 Å². The number of nitrogens with one attached hydrogen (secondary N) is 2. The quantitative estimate of drug-likeness (QED) is 0.883. The number of carbonyl (C=O) groups excluding carboxylic acids is 1. The van der Waals surface area contributed by atoms with Crippen LogP contribution in [0, 0.1) is 0 Å². The molecule has 1 aliphatic carbocycles. The number of aromatic nitrogens is 2. The van der Waals surface area contributed by atoms with Crippen LogP contribution in [-0.2, 0) is 0 Å². The lowest BCUT2D eigenvalue weighted by Gasteiger charge is -2.24. The van der Waals surface area contributed by atoms with Crippen LogP contribution in [0.5, 0.6) is 0 Å². The average Bonchev–Trinajstić information content (AvgIpc) is 3.15. The molecular weight excluding hydrogens is 306 g/mol. The van der Waals surface area contributed by atoms with E-state index in [1.54, 1.807) is 0 Å². The van der Waals surface area contributed by atoms with E-state index in [1.807, 2.05) is 20.9 Å². The minimum Gasteiger partial charge on any atom is -0.338 e. The van der Waals surface area contributed by atoms with Gasteiger partial charge in [-0.2, -0.15) is 4.98 Å². The molecular formula is C17H29N5O2. The van der Waals surface area contributed by atoms with Crippen LogP contribution >= 0.6 is 0 Å². The fourth-order valence-electron chi connectivity index (χ4n) is 3.67. The zero-order chi connectivity index (χ0) is 17.1. The Morgan fingerprint density at radius 1 is 1.21 bits per heavy atom. The van der Waals surface area contributed by atoms with Gasteiger partial charge < -0.3 is 15.2 Å². The van der Waals surface area contributed by atoms with Gasteiger partial charge in [0.2, 0.25) is 5.89 Å². The molecule has 2 heterocycles. The van der Waals surface area contributed by atoms with Crippen molar-refractivity contribution in [2.24, 2.45) is 0 Å². The normalized spacial score (nSPS) is 26.0. The first-order chi connectivity index (χ1) is 11.5. The Labute approximate surface area is 143 Å². The van der Waals surface area contributed by atoms with Gasteiger partial charge in [0.25, 0.3) is 0 Å². The molecule has 1 saturated carbocycles. The first-order valence-corrected chi connectivity index (χ1v) is 9.13. The maximum atomic E-state index is 12.2. The summed E-state index contributed by atoms with van der Waals surface area (Å²) in [5.41, 5.74) is 0. The van der Waals surface area contributed by atoms with Crippen molar-refractivity contribution < 1.29 is 9.32 Å². The highest BCUT2D eigenvalue weighted by Gasteiger charge is 2.35. The van der Waals surface area contributed by atoms with Crippen LogP contribution < -0.4 is 10.6 Å². The molecule has 2 amide bonds. The highest BCUT2D eigenvalue weighted by molar-refractivity contribution is 5.74. The Hall–Kier alpha value is -1.63. The van der Waals surface area contributed by atoms with Gasteiger partial charge in [0.05, 0.1) is 6.04 Å². The van der Waals surface area contributed by atoms with Crippen molar-refractivity contribution in [2.75, 3.05) is 13.6 Å². The summed E-state index contributed by atoms with van der Waals surface area (Å²) in [7, 11) is 2.03. The van der Waals surface area contributed by atoms with Gasteiger partial charge in [-0.1, -0.05) is 38.3 Å². The summed E-state index contributed by atoms with van der Waals surface area (Å²) >= 11 is 0. The number of likely N-dealkylation sites (N-methyl/N-ethyl adjacent to an activating group) is 1. The minimum atomic E-state index is -0.0469. The largest absolute Gasteiger partial charge is 0.338 e. The Morgan fingerprint density at radius 3 is 2.58 bits per heavy atom. The minimum absolute atomic E-state index is 0.0469. The molecule has 1 aromatic heterocycles. The van der Waals surface area contributed by atoms with Gasteiger partial charge in [-0.3, -0.25) is 4.90 Å². The highest BCUT2D eigenvalue weighted by atomic mass is 16.5. The molecule has 0 radical (unpaired) electrons. The smallest absolute Gasteiger partial charge is 0.315 e. The van der Waals surface area contributed by atoms with E-state index in [1.165, 1.54) is 19.3 Å². The SMILES string of the molecule is CC(C)c1noc(C2CC(NC(=O)NC3CCCCC3)CN2C)n1. The lowest BCUT2D eigenvalue weighted by molar-refractivity contribution is 0.228. The van der Waals surface area contributed by atoms with E-state index in [0.29, 0.717) is 11.9 Å². The Morgan fingerprint density at radius 2 is 1.92 bits per heavy atom. The van der Waals surface area contributed by atoms with E-state index in [-0.39, 0.29) is 24.0 Å². The molecule has 2 N–H and O–H groups in total. The molecule has 2 aliphatic rings. The van der Waals surface area contributed by atoms with E-state index in [0.717, 1.165) is 31.6 Å². The van der Waals surface area contributed by atoms with Crippen LogP contribution in [0.25, 0.3) is 0 Å². The summed E-state index contributed by atoms with van der Waals surface area (Å²) in [6, 6.07) is 0.468. The highest BCUT2D eigenvalue weighted by Crippen LogP contribution is 2.30. The van der Waals surface area contributed by atoms with Crippen LogP contribution in [0.4, 0.5) is 4.79 Å². The maximum absolute atomic E-state index is 12.2. The number of likely N-dealkylation sites (tertiary alicyclic amines) is 1. The zero-order valence-corrected chi connectivity index (χ0v) is 14.9. The molecule has 0 bridgehead atoms. The summed E-state index contributed by atoms with van der Waals surface area (Å²) in [6.45, 7) is 4.89. The molecule has 134 valence electrons. The van der Waals surface area contributed by atoms with E-state index in [9.17, 15) is 4.79 Å². The number of urea groups is 1. The fourth-order valence-corrected chi connectivity index (χ4v) is 3.67. The average molecular weight is 335 g/mol. The fraction of sp³-hybridized carbons (Fsp3) is 0.824. The molecule has 1 saturated heterocycles. The molecule has 7 heteroatoms. The standard InChI is InChI=1S/C17H29N5O2/c1-11(2)15-20-16(24-21-15)14-9-13(10-22(14)3)19-17(23)18-12-7-5-4-6-8-12/h11-14H,4-10H2,1-3H3,(H2,18,19,23). The van der Waals surface area contributed by atoms with Gasteiger partial charge in [0, 0.05) is 24.5 Å². The van der Waals surface area contributed by atoms with Crippen LogP contribution in [0.3, 0.4) is 0 Å². The summed E-state index contributed by atoms with van der Waals surface area (Å²) < 4.78 is 5.42. The second-order valence-corrected chi connectivity index (χ2v) is 7.49. The second kappa shape index (κ2) is 7.51. The topological polar surface area (TPSA) is 83.3 Å². The Balaban J connectivity index is 1.52. The molecule has 7 nitrogen and oxygen atoms in total. The molecule has 0 aromatic carbocycles. The van der Waals surface area contributed by atoms with Crippen molar-refractivity contribution in [1.29, 1.82) is 0 Å². The third-order valence-corrected chi connectivity index (χ3v) is 5.08. The van der Waals surface area contributed by atoms with Gasteiger partial charge in [-0.25, -0.2) is 4.79 Å². The predicted octanol–water partition coefficient (Wildman–Crippen LogP) is 2.57. The molecule has 0 spiro atoms. The van der Waals surface area contributed by atoms with Crippen LogP contribution in [-0.4, -0.2) is 46.7 Å². The lowest BCUT2D eigenvalue weighted by Crippen LogP contribution is -2.47. The molecule has 2 fully saturated rings. The zero-order valence-electron chi connectivity index (χ0n) is 14.9. The summed E-state index contributed by atoms with van der Waals surface area (Å²) in [6.07, 6.45) is 6.72. The van der Waals surface area contributed by atoms with E-state index >= 15 is 0 Å². The maximum Gasteiger partial charge on any atom is 0.315 e. The van der Waals surface area contributed by atoms with Crippen molar-refractivity contribution in [3.05, 3.63) is 11.7 Å². The van der Waals surface area contributed by atoms with Crippen LogP contribution in [0.1, 0.15) is 76.0 Å². The molecule has 1 aliphatic heterocycles. The number of rotatable bonds is 4. The molecule has 2 unspecified atom stereocenters. The molecule has 3 rings (SSSR count). The predicted molar refractivity (Wildman–Crippen MR) is 90.7 cm³/mol. The number of hydrogen-bond acceptors (Lipinski definition) is 5. The van der Waals surface area contributed by atoms with Crippen LogP contribution in [0.15, 0.2) is 4.52 Å². The number of hydrogen-bond donors (Lipinski definition) is 2. The van der Waals surface area contributed by atoms with Crippen molar-refractivity contribution in [1.82, 2.24) is 25.7 Å². The van der Waals surface area contributed by atoms with Crippen molar-refractivity contribution in [3.8, 4) is 0 Å². The monoisotopic (exact) mass is 335 g/mol. The number of nitrogens with zero attached hydrogens (tertiary/aromatic N) is 3. The van der Waals surface area contributed by atoms with Crippen LogP contribution in [0.2, 0.25) is 0 Å². The number of amides is 2. The van der Waals surface area contributed by atoms with Gasteiger partial charge >= 0.3 is 6.03 Å². The van der Waals surface area contributed by atoms with E-state index in [4.69, 9.17) is 4.52 Å². The molecule has 2 atom stereocenters. The molecule has 24 heavy (non-hydrogen) atoms. The van der Waals surface area contributed by atoms with Crippen molar-refractivity contribution in [2.45, 2.75) is 76.4 Å². The summed E-state index contributed by atoms with van der Waals surface area (Å²) in [5.74, 6) is 1.65. The second-order valence-electron chi connectivity index (χ2n) is 7.49.